The highest BCUT2D eigenvalue weighted by Crippen LogP contribution is 2.26. The zero-order valence-electron chi connectivity index (χ0n) is 10.4. The van der Waals surface area contributed by atoms with Crippen LogP contribution in [-0.4, -0.2) is 5.91 Å². The molecular formula is C14H12BrClN2O2. The van der Waals surface area contributed by atoms with E-state index < -0.39 is 5.91 Å². The molecular weight excluding hydrogens is 344 g/mol. The van der Waals surface area contributed by atoms with Crippen molar-refractivity contribution >= 4 is 33.4 Å². The van der Waals surface area contributed by atoms with Crippen molar-refractivity contribution in [3.63, 3.8) is 0 Å². The summed E-state index contributed by atoms with van der Waals surface area (Å²) in [4.78, 5) is 11.3. The van der Waals surface area contributed by atoms with Gasteiger partial charge in [0, 0.05) is 10.0 Å². The molecule has 4 nitrogen and oxygen atoms in total. The lowest BCUT2D eigenvalue weighted by atomic mass is 10.2. The SMILES string of the molecule is NNC(=O)c1ccc(OCc2ccc(Br)cc2)c(Cl)c1. The second-order valence-corrected chi connectivity index (χ2v) is 5.36. The van der Waals surface area contributed by atoms with E-state index >= 15 is 0 Å². The lowest BCUT2D eigenvalue weighted by Crippen LogP contribution is -2.29. The van der Waals surface area contributed by atoms with Crippen LogP contribution in [0.25, 0.3) is 0 Å². The molecule has 0 aromatic heterocycles. The van der Waals surface area contributed by atoms with Crippen LogP contribution in [0.5, 0.6) is 5.75 Å². The Kier molecular flexibility index (Phi) is 5.00. The van der Waals surface area contributed by atoms with E-state index in [1.54, 1.807) is 12.1 Å². The Morgan fingerprint density at radius 1 is 1.25 bits per heavy atom. The maximum absolute atomic E-state index is 11.3. The van der Waals surface area contributed by atoms with Gasteiger partial charge in [-0.05, 0) is 35.9 Å². The largest absolute Gasteiger partial charge is 0.487 e. The first kappa shape index (κ1) is 14.8. The first-order chi connectivity index (χ1) is 9.60. The summed E-state index contributed by atoms with van der Waals surface area (Å²) in [6, 6.07) is 12.5. The lowest BCUT2D eigenvalue weighted by molar-refractivity contribution is 0.0953. The Balaban J connectivity index is 2.06. The Bertz CT molecular complexity index is 617. The summed E-state index contributed by atoms with van der Waals surface area (Å²) in [7, 11) is 0. The van der Waals surface area contributed by atoms with Crippen molar-refractivity contribution in [2.24, 2.45) is 5.84 Å². The minimum absolute atomic E-state index is 0.364. The van der Waals surface area contributed by atoms with E-state index in [1.807, 2.05) is 29.7 Å². The summed E-state index contributed by atoms with van der Waals surface area (Å²) in [5.74, 6) is 5.18. The van der Waals surface area contributed by atoms with Crippen molar-refractivity contribution in [1.29, 1.82) is 0 Å². The normalized spacial score (nSPS) is 10.2. The van der Waals surface area contributed by atoms with Crippen LogP contribution < -0.4 is 16.0 Å². The Morgan fingerprint density at radius 3 is 2.55 bits per heavy atom. The molecule has 104 valence electrons. The standard InChI is InChI=1S/C14H12BrClN2O2/c15-11-4-1-9(2-5-11)8-20-13-6-3-10(7-12(13)16)14(19)18-17/h1-7H,8,17H2,(H,18,19). The third-order valence-electron chi connectivity index (χ3n) is 2.63. The van der Waals surface area contributed by atoms with Crippen molar-refractivity contribution in [1.82, 2.24) is 5.43 Å². The fourth-order valence-electron chi connectivity index (χ4n) is 1.58. The number of hydrazine groups is 1. The third kappa shape index (κ3) is 3.72. The number of benzene rings is 2. The quantitative estimate of drug-likeness (QED) is 0.502. The van der Waals surface area contributed by atoms with Gasteiger partial charge in [-0.15, -0.1) is 0 Å². The summed E-state index contributed by atoms with van der Waals surface area (Å²) in [5, 5.41) is 0.364. The van der Waals surface area contributed by atoms with E-state index in [2.05, 4.69) is 15.9 Å². The van der Waals surface area contributed by atoms with Gasteiger partial charge in [-0.3, -0.25) is 10.2 Å². The Morgan fingerprint density at radius 2 is 1.95 bits per heavy atom. The number of rotatable bonds is 4. The maximum atomic E-state index is 11.3. The monoisotopic (exact) mass is 354 g/mol. The molecule has 0 aliphatic carbocycles. The number of carbonyl (C=O) groups excluding carboxylic acids is 1. The molecule has 0 radical (unpaired) electrons. The number of carbonyl (C=O) groups is 1. The molecule has 3 N–H and O–H groups in total. The molecule has 2 rings (SSSR count). The van der Waals surface area contributed by atoms with Gasteiger partial charge < -0.3 is 4.74 Å². The van der Waals surface area contributed by atoms with Gasteiger partial charge >= 0.3 is 0 Å². The molecule has 0 bridgehead atoms. The number of hydrogen-bond donors (Lipinski definition) is 2. The Labute approximate surface area is 130 Å². The first-order valence-corrected chi connectivity index (χ1v) is 6.95. The minimum atomic E-state index is -0.397. The zero-order valence-corrected chi connectivity index (χ0v) is 12.7. The molecule has 0 heterocycles. The van der Waals surface area contributed by atoms with Crippen LogP contribution in [0.2, 0.25) is 5.02 Å². The zero-order chi connectivity index (χ0) is 14.5. The van der Waals surface area contributed by atoms with Gasteiger partial charge in [0.15, 0.2) is 0 Å². The molecule has 2 aromatic rings. The molecule has 0 saturated heterocycles. The second-order valence-electron chi connectivity index (χ2n) is 4.03. The van der Waals surface area contributed by atoms with E-state index in [9.17, 15) is 4.79 Å². The van der Waals surface area contributed by atoms with Gasteiger partial charge in [-0.25, -0.2) is 5.84 Å². The van der Waals surface area contributed by atoms with Crippen molar-refractivity contribution < 1.29 is 9.53 Å². The fraction of sp³-hybridized carbons (Fsp3) is 0.0714. The molecule has 1 amide bonds. The first-order valence-electron chi connectivity index (χ1n) is 5.78. The van der Waals surface area contributed by atoms with E-state index in [1.165, 1.54) is 6.07 Å². The van der Waals surface area contributed by atoms with Crippen LogP contribution in [0.15, 0.2) is 46.9 Å². The molecule has 0 spiro atoms. The number of nitrogens with one attached hydrogen (secondary N) is 1. The highest BCUT2D eigenvalue weighted by Gasteiger charge is 2.08. The highest BCUT2D eigenvalue weighted by atomic mass is 79.9. The molecule has 20 heavy (non-hydrogen) atoms. The molecule has 6 heteroatoms. The summed E-state index contributed by atoms with van der Waals surface area (Å²) in [5.41, 5.74) is 3.45. The maximum Gasteiger partial charge on any atom is 0.265 e. The Hall–Kier alpha value is -1.56. The van der Waals surface area contributed by atoms with Gasteiger partial charge in [0.25, 0.3) is 5.91 Å². The van der Waals surface area contributed by atoms with Gasteiger partial charge in [-0.1, -0.05) is 39.7 Å². The van der Waals surface area contributed by atoms with Crippen LogP contribution >= 0.6 is 27.5 Å². The van der Waals surface area contributed by atoms with Gasteiger partial charge in [0.1, 0.15) is 12.4 Å². The molecule has 0 aliphatic rings. The van der Waals surface area contributed by atoms with E-state index in [0.29, 0.717) is 22.9 Å². The summed E-state index contributed by atoms with van der Waals surface area (Å²) >= 11 is 9.44. The van der Waals surface area contributed by atoms with Crippen LogP contribution in [0.3, 0.4) is 0 Å². The summed E-state index contributed by atoms with van der Waals surface area (Å²) in [6.45, 7) is 0.398. The van der Waals surface area contributed by atoms with E-state index in [4.69, 9.17) is 22.2 Å². The number of amides is 1. The number of nitrogen functional groups attached to an aromatic ring is 1. The highest BCUT2D eigenvalue weighted by molar-refractivity contribution is 9.10. The van der Waals surface area contributed by atoms with Gasteiger partial charge in [0.2, 0.25) is 0 Å². The molecule has 2 aromatic carbocycles. The molecule has 0 aliphatic heterocycles. The van der Waals surface area contributed by atoms with Gasteiger partial charge in [-0.2, -0.15) is 0 Å². The third-order valence-corrected chi connectivity index (χ3v) is 3.46. The molecule has 0 unspecified atom stereocenters. The van der Waals surface area contributed by atoms with Crippen molar-refractivity contribution in [3.05, 3.63) is 63.1 Å². The van der Waals surface area contributed by atoms with Crippen LogP contribution in [0, 0.1) is 0 Å². The predicted molar refractivity (Wildman–Crippen MR) is 81.6 cm³/mol. The summed E-state index contributed by atoms with van der Waals surface area (Å²) < 4.78 is 6.63. The fourth-order valence-corrected chi connectivity index (χ4v) is 2.08. The topological polar surface area (TPSA) is 64.3 Å². The van der Waals surface area contributed by atoms with Crippen molar-refractivity contribution in [2.75, 3.05) is 0 Å². The van der Waals surface area contributed by atoms with Crippen LogP contribution in [0.4, 0.5) is 0 Å². The smallest absolute Gasteiger partial charge is 0.265 e. The minimum Gasteiger partial charge on any atom is -0.487 e. The van der Waals surface area contributed by atoms with E-state index in [0.717, 1.165) is 10.0 Å². The average Bonchev–Trinajstić information content (AvgIpc) is 2.46. The van der Waals surface area contributed by atoms with Crippen molar-refractivity contribution in [2.45, 2.75) is 6.61 Å². The number of ether oxygens (including phenoxy) is 1. The number of hydrogen-bond acceptors (Lipinski definition) is 3. The van der Waals surface area contributed by atoms with Gasteiger partial charge in [0.05, 0.1) is 5.02 Å². The number of nitrogens with two attached hydrogens (primary N) is 1. The average molecular weight is 356 g/mol. The number of halogens is 2. The predicted octanol–water partition coefficient (Wildman–Crippen LogP) is 3.29. The molecule has 0 saturated carbocycles. The van der Waals surface area contributed by atoms with E-state index in [-0.39, 0.29) is 0 Å². The lowest BCUT2D eigenvalue weighted by Gasteiger charge is -2.09. The molecule has 0 atom stereocenters. The second kappa shape index (κ2) is 6.74. The summed E-state index contributed by atoms with van der Waals surface area (Å²) in [6.07, 6.45) is 0. The van der Waals surface area contributed by atoms with Crippen LogP contribution in [-0.2, 0) is 6.61 Å². The van der Waals surface area contributed by atoms with Crippen molar-refractivity contribution in [3.8, 4) is 5.75 Å². The molecule has 0 fully saturated rings. The van der Waals surface area contributed by atoms with Crippen LogP contribution in [0.1, 0.15) is 15.9 Å².